The Morgan fingerprint density at radius 2 is 1.70 bits per heavy atom. The maximum absolute atomic E-state index is 13.9. The maximum Gasteiger partial charge on any atom is 0.247 e. The number of hydrogen-bond acceptors (Lipinski definition) is 6. The first kappa shape index (κ1) is 33.5. The van der Waals surface area contributed by atoms with Gasteiger partial charge in [-0.1, -0.05) is 88.6 Å². The molecule has 0 aromatic heterocycles. The average Bonchev–Trinajstić information content (AvgIpc) is 3.44. The van der Waals surface area contributed by atoms with E-state index in [4.69, 9.17) is 9.47 Å². The summed E-state index contributed by atoms with van der Waals surface area (Å²) in [5, 5.41) is 23.9. The standard InChI is InChI=1S/C36H50N2O6/c1-3-4-5-6-7-8-9-10-11-19-32(40)38(22-20-26-15-14-16-27(24-26)43-2)30-25-29(36(42)37-21-23-39)33-28-17-12-13-18-31(28)44-35(33)34(30)41/h12-18,24-25,30,33-35,39,41H,3-11,19-23H2,1-2H3,(H,37,42). The van der Waals surface area contributed by atoms with Gasteiger partial charge in [0.05, 0.1) is 25.7 Å². The SMILES string of the molecule is CCCCCCCCCCCC(=O)N(CCc1cccc(OC)c1)C1C=C(C(=O)NCCO)C2c3ccccc3OC2C1O. The molecule has 2 amide bonds. The largest absolute Gasteiger partial charge is 0.497 e. The fourth-order valence-corrected chi connectivity index (χ4v) is 6.44. The van der Waals surface area contributed by atoms with Gasteiger partial charge in [-0.15, -0.1) is 0 Å². The first-order valence-electron chi connectivity index (χ1n) is 16.4. The highest BCUT2D eigenvalue weighted by Gasteiger charge is 2.50. The number of fused-ring (bicyclic) bond motifs is 3. The summed E-state index contributed by atoms with van der Waals surface area (Å²) in [6, 6.07) is 14.5. The molecule has 1 heterocycles. The molecular formula is C36H50N2O6. The quantitative estimate of drug-likeness (QED) is 0.199. The summed E-state index contributed by atoms with van der Waals surface area (Å²) in [5.74, 6) is 0.539. The summed E-state index contributed by atoms with van der Waals surface area (Å²) in [6.45, 7) is 2.53. The lowest BCUT2D eigenvalue weighted by Gasteiger charge is -2.41. The van der Waals surface area contributed by atoms with Crippen molar-refractivity contribution in [2.24, 2.45) is 0 Å². The molecular weight excluding hydrogens is 556 g/mol. The smallest absolute Gasteiger partial charge is 0.247 e. The molecule has 2 aromatic carbocycles. The third kappa shape index (κ3) is 8.63. The van der Waals surface area contributed by atoms with Crippen LogP contribution < -0.4 is 14.8 Å². The summed E-state index contributed by atoms with van der Waals surface area (Å²) < 4.78 is 11.6. The van der Waals surface area contributed by atoms with E-state index in [-0.39, 0.29) is 25.0 Å². The highest BCUT2D eigenvalue weighted by Crippen LogP contribution is 2.47. The molecule has 240 valence electrons. The molecule has 2 aromatic rings. The van der Waals surface area contributed by atoms with Crippen LogP contribution in [0.1, 0.15) is 88.2 Å². The lowest BCUT2D eigenvalue weighted by Crippen LogP contribution is -2.56. The Morgan fingerprint density at radius 1 is 0.977 bits per heavy atom. The number of aliphatic hydroxyl groups excluding tert-OH is 2. The predicted octanol–water partition coefficient (Wildman–Crippen LogP) is 5.31. The topological polar surface area (TPSA) is 108 Å². The number of hydrogen-bond donors (Lipinski definition) is 3. The number of aliphatic hydroxyl groups is 2. The van der Waals surface area contributed by atoms with Crippen molar-refractivity contribution in [2.75, 3.05) is 26.8 Å². The second-order valence-electron chi connectivity index (χ2n) is 11.9. The number of ether oxygens (including phenoxy) is 2. The number of para-hydroxylation sites is 1. The first-order valence-corrected chi connectivity index (χ1v) is 16.4. The Hall–Kier alpha value is -3.36. The van der Waals surface area contributed by atoms with Gasteiger partial charge in [0.1, 0.15) is 23.7 Å². The van der Waals surface area contributed by atoms with Crippen molar-refractivity contribution >= 4 is 11.8 Å². The molecule has 0 spiro atoms. The normalized spacial score (nSPS) is 20.2. The van der Waals surface area contributed by atoms with Crippen LogP contribution in [0, 0.1) is 0 Å². The van der Waals surface area contributed by atoms with E-state index in [1.807, 2.05) is 48.5 Å². The zero-order chi connectivity index (χ0) is 31.3. The molecule has 4 atom stereocenters. The van der Waals surface area contributed by atoms with E-state index in [1.165, 1.54) is 38.5 Å². The third-order valence-electron chi connectivity index (χ3n) is 8.83. The van der Waals surface area contributed by atoms with Gasteiger partial charge >= 0.3 is 0 Å². The van der Waals surface area contributed by atoms with Gasteiger partial charge in [0.15, 0.2) is 0 Å². The Kier molecular flexibility index (Phi) is 13.1. The Bertz CT molecular complexity index is 1250. The van der Waals surface area contributed by atoms with Crippen molar-refractivity contribution in [2.45, 2.75) is 102 Å². The van der Waals surface area contributed by atoms with Crippen LogP contribution in [0.3, 0.4) is 0 Å². The van der Waals surface area contributed by atoms with Crippen LogP contribution in [0.25, 0.3) is 0 Å². The molecule has 44 heavy (non-hydrogen) atoms. The Labute approximate surface area is 262 Å². The van der Waals surface area contributed by atoms with Crippen LogP contribution in [0.15, 0.2) is 60.2 Å². The molecule has 0 saturated carbocycles. The van der Waals surface area contributed by atoms with Crippen molar-refractivity contribution in [3.8, 4) is 11.5 Å². The van der Waals surface area contributed by atoms with Gasteiger partial charge in [-0.2, -0.15) is 0 Å². The number of methoxy groups -OCH3 is 1. The van der Waals surface area contributed by atoms with Crippen LogP contribution in [-0.4, -0.2) is 72.0 Å². The van der Waals surface area contributed by atoms with Gasteiger partial charge in [-0.05, 0) is 42.7 Å². The minimum atomic E-state index is -1.03. The van der Waals surface area contributed by atoms with Gasteiger partial charge in [0.25, 0.3) is 0 Å². The van der Waals surface area contributed by atoms with E-state index < -0.39 is 24.2 Å². The minimum Gasteiger partial charge on any atom is -0.497 e. The molecule has 0 saturated heterocycles. The molecule has 1 aliphatic carbocycles. The first-order chi connectivity index (χ1) is 21.5. The van der Waals surface area contributed by atoms with E-state index in [1.54, 1.807) is 18.1 Å². The van der Waals surface area contributed by atoms with E-state index >= 15 is 0 Å². The fourth-order valence-electron chi connectivity index (χ4n) is 6.44. The summed E-state index contributed by atoms with van der Waals surface area (Å²) in [4.78, 5) is 29.0. The summed E-state index contributed by atoms with van der Waals surface area (Å²) in [5.41, 5.74) is 2.30. The predicted molar refractivity (Wildman–Crippen MR) is 172 cm³/mol. The third-order valence-corrected chi connectivity index (χ3v) is 8.83. The zero-order valence-electron chi connectivity index (χ0n) is 26.4. The van der Waals surface area contributed by atoms with Crippen LogP contribution in [-0.2, 0) is 16.0 Å². The molecule has 8 nitrogen and oxygen atoms in total. The second kappa shape index (κ2) is 17.2. The van der Waals surface area contributed by atoms with Gasteiger partial charge in [-0.3, -0.25) is 9.59 Å². The number of benzene rings is 2. The Balaban J connectivity index is 1.53. The van der Waals surface area contributed by atoms with Crippen molar-refractivity contribution < 1.29 is 29.3 Å². The lowest BCUT2D eigenvalue weighted by atomic mass is 9.77. The molecule has 0 radical (unpaired) electrons. The van der Waals surface area contributed by atoms with Crippen LogP contribution in [0.5, 0.6) is 11.5 Å². The van der Waals surface area contributed by atoms with E-state index in [0.717, 1.165) is 36.1 Å². The van der Waals surface area contributed by atoms with Crippen molar-refractivity contribution in [1.29, 1.82) is 0 Å². The number of rotatable bonds is 18. The molecule has 0 bridgehead atoms. The molecule has 2 aliphatic rings. The van der Waals surface area contributed by atoms with Crippen LogP contribution in [0.2, 0.25) is 0 Å². The monoisotopic (exact) mass is 606 g/mol. The minimum absolute atomic E-state index is 0.0415. The number of carbonyl (C=O) groups is 2. The average molecular weight is 607 g/mol. The molecule has 1 aliphatic heterocycles. The van der Waals surface area contributed by atoms with Crippen LogP contribution >= 0.6 is 0 Å². The summed E-state index contributed by atoms with van der Waals surface area (Å²) in [6.07, 6.45) is 11.4. The highest BCUT2D eigenvalue weighted by atomic mass is 16.5. The van der Waals surface area contributed by atoms with Gasteiger partial charge in [0.2, 0.25) is 11.8 Å². The molecule has 0 fully saturated rings. The van der Waals surface area contributed by atoms with Gasteiger partial charge < -0.3 is 29.9 Å². The number of nitrogens with one attached hydrogen (secondary N) is 1. The highest BCUT2D eigenvalue weighted by molar-refractivity contribution is 5.96. The Morgan fingerprint density at radius 3 is 2.43 bits per heavy atom. The molecule has 3 N–H and O–H groups in total. The number of carbonyl (C=O) groups excluding carboxylic acids is 2. The second-order valence-corrected chi connectivity index (χ2v) is 11.9. The zero-order valence-corrected chi connectivity index (χ0v) is 26.4. The number of amides is 2. The lowest BCUT2D eigenvalue weighted by molar-refractivity contribution is -0.137. The number of nitrogens with zero attached hydrogens (tertiary/aromatic N) is 1. The van der Waals surface area contributed by atoms with Crippen molar-refractivity contribution in [1.82, 2.24) is 10.2 Å². The van der Waals surface area contributed by atoms with E-state index in [2.05, 4.69) is 12.2 Å². The van der Waals surface area contributed by atoms with Crippen LogP contribution in [0.4, 0.5) is 0 Å². The number of unbranched alkanes of at least 4 members (excludes halogenated alkanes) is 8. The fraction of sp³-hybridized carbons (Fsp3) is 0.556. The van der Waals surface area contributed by atoms with Gasteiger partial charge in [-0.25, -0.2) is 0 Å². The van der Waals surface area contributed by atoms with Gasteiger partial charge in [0, 0.05) is 30.6 Å². The van der Waals surface area contributed by atoms with Crippen molar-refractivity contribution in [3.05, 3.63) is 71.3 Å². The summed E-state index contributed by atoms with van der Waals surface area (Å²) >= 11 is 0. The molecule has 8 heteroatoms. The van der Waals surface area contributed by atoms with Crippen molar-refractivity contribution in [3.63, 3.8) is 0 Å². The van der Waals surface area contributed by atoms with E-state index in [0.29, 0.717) is 30.7 Å². The summed E-state index contributed by atoms with van der Waals surface area (Å²) in [7, 11) is 1.63. The molecule has 4 unspecified atom stereocenters. The molecule has 4 rings (SSSR count). The van der Waals surface area contributed by atoms with E-state index in [9.17, 15) is 19.8 Å². The maximum atomic E-state index is 13.9.